The lowest BCUT2D eigenvalue weighted by atomic mass is 10.3. The molecule has 0 saturated heterocycles. The number of imidazole rings is 1. The van der Waals surface area contributed by atoms with E-state index in [0.717, 1.165) is 11.3 Å². The summed E-state index contributed by atoms with van der Waals surface area (Å²) in [7, 11) is 0. The number of aromatic amines is 1. The number of carbonyl (C=O) groups is 1. The van der Waals surface area contributed by atoms with Crippen LogP contribution in [0.3, 0.4) is 0 Å². The highest BCUT2D eigenvalue weighted by atomic mass is 16.4. The third-order valence-electron chi connectivity index (χ3n) is 1.84. The minimum absolute atomic E-state index is 0.0581. The Hall–Kier alpha value is -2.04. The van der Waals surface area contributed by atoms with Crippen molar-refractivity contribution in [3.63, 3.8) is 0 Å². The summed E-state index contributed by atoms with van der Waals surface area (Å²) in [6.07, 6.45) is 6.83. The number of aromatic nitrogens is 3. The van der Waals surface area contributed by atoms with Gasteiger partial charge in [0.15, 0.2) is 0 Å². The van der Waals surface area contributed by atoms with Gasteiger partial charge >= 0.3 is 5.97 Å². The normalized spacial score (nSPS) is 10.3. The van der Waals surface area contributed by atoms with E-state index < -0.39 is 5.97 Å². The van der Waals surface area contributed by atoms with Crippen LogP contribution in [0.5, 0.6) is 0 Å². The molecule has 0 aromatic carbocycles. The van der Waals surface area contributed by atoms with E-state index in [4.69, 9.17) is 5.11 Å². The molecule has 0 fully saturated rings. The van der Waals surface area contributed by atoms with Crippen LogP contribution in [0.4, 0.5) is 0 Å². The van der Waals surface area contributed by atoms with Gasteiger partial charge in [-0.3, -0.25) is 4.79 Å². The van der Waals surface area contributed by atoms with Crippen LogP contribution in [0.25, 0.3) is 11.3 Å². The summed E-state index contributed by atoms with van der Waals surface area (Å²) in [4.78, 5) is 17.4. The maximum absolute atomic E-state index is 10.4. The van der Waals surface area contributed by atoms with E-state index in [9.17, 15) is 4.79 Å². The van der Waals surface area contributed by atoms with Gasteiger partial charge in [-0.1, -0.05) is 0 Å². The fourth-order valence-electron chi connectivity index (χ4n) is 1.24. The molecule has 14 heavy (non-hydrogen) atoms. The van der Waals surface area contributed by atoms with Gasteiger partial charge < -0.3 is 14.7 Å². The number of carboxylic acids is 1. The third kappa shape index (κ3) is 1.66. The fourth-order valence-corrected chi connectivity index (χ4v) is 1.24. The molecule has 0 saturated carbocycles. The van der Waals surface area contributed by atoms with Crippen LogP contribution >= 0.6 is 0 Å². The van der Waals surface area contributed by atoms with Crippen LogP contribution in [0.15, 0.2) is 31.0 Å². The molecular formula is C9H9N3O2. The Labute approximate surface area is 80.0 Å². The molecule has 0 aliphatic heterocycles. The Kier molecular flexibility index (Phi) is 2.06. The highest BCUT2D eigenvalue weighted by Crippen LogP contribution is 2.14. The topological polar surface area (TPSA) is 70.9 Å². The number of nitrogens with one attached hydrogen (secondary N) is 1. The summed E-state index contributed by atoms with van der Waals surface area (Å²) in [5.41, 5.74) is 1.72. The Morgan fingerprint density at radius 3 is 3.14 bits per heavy atom. The second kappa shape index (κ2) is 3.37. The number of H-pyrrole nitrogens is 1. The van der Waals surface area contributed by atoms with Gasteiger partial charge in [0, 0.05) is 24.2 Å². The predicted octanol–water partition coefficient (Wildman–Crippen LogP) is 0.963. The van der Waals surface area contributed by atoms with E-state index in [-0.39, 0.29) is 6.54 Å². The lowest BCUT2D eigenvalue weighted by Crippen LogP contribution is -2.06. The largest absolute Gasteiger partial charge is 0.480 e. The van der Waals surface area contributed by atoms with E-state index >= 15 is 0 Å². The molecule has 0 atom stereocenters. The molecule has 0 amide bonds. The molecule has 72 valence electrons. The number of carboxylic acid groups (broad SMARTS) is 1. The quantitative estimate of drug-likeness (QED) is 0.759. The van der Waals surface area contributed by atoms with E-state index in [1.54, 1.807) is 12.4 Å². The molecule has 5 heteroatoms. The zero-order chi connectivity index (χ0) is 9.97. The monoisotopic (exact) mass is 191 g/mol. The van der Waals surface area contributed by atoms with Gasteiger partial charge in [-0.05, 0) is 6.07 Å². The second-order valence-corrected chi connectivity index (χ2v) is 2.92. The van der Waals surface area contributed by atoms with Crippen molar-refractivity contribution < 1.29 is 9.90 Å². The van der Waals surface area contributed by atoms with Gasteiger partial charge in [-0.25, -0.2) is 4.98 Å². The van der Waals surface area contributed by atoms with Crippen LogP contribution in [0.2, 0.25) is 0 Å². The van der Waals surface area contributed by atoms with Crippen molar-refractivity contribution in [2.75, 3.05) is 0 Å². The van der Waals surface area contributed by atoms with E-state index in [1.807, 2.05) is 12.3 Å². The number of hydrogen-bond donors (Lipinski definition) is 2. The van der Waals surface area contributed by atoms with Crippen molar-refractivity contribution in [1.82, 2.24) is 14.5 Å². The predicted molar refractivity (Wildman–Crippen MR) is 49.6 cm³/mol. The molecule has 5 nitrogen and oxygen atoms in total. The summed E-state index contributed by atoms with van der Waals surface area (Å²) < 4.78 is 1.53. The molecule has 0 aliphatic carbocycles. The highest BCUT2D eigenvalue weighted by molar-refractivity contribution is 5.67. The third-order valence-corrected chi connectivity index (χ3v) is 1.84. The molecular weight excluding hydrogens is 182 g/mol. The molecule has 0 bridgehead atoms. The zero-order valence-electron chi connectivity index (χ0n) is 7.34. The van der Waals surface area contributed by atoms with Crippen molar-refractivity contribution in [3.8, 4) is 11.3 Å². The molecule has 2 aromatic rings. The van der Waals surface area contributed by atoms with E-state index in [0.29, 0.717) is 0 Å². The van der Waals surface area contributed by atoms with Crippen LogP contribution in [0, 0.1) is 0 Å². The smallest absolute Gasteiger partial charge is 0.323 e. The fraction of sp³-hybridized carbons (Fsp3) is 0.111. The van der Waals surface area contributed by atoms with Crippen LogP contribution in [0.1, 0.15) is 0 Å². The van der Waals surface area contributed by atoms with Crippen LogP contribution in [-0.4, -0.2) is 25.6 Å². The maximum atomic E-state index is 10.4. The molecule has 2 N–H and O–H groups in total. The average Bonchev–Trinajstić information content (AvgIpc) is 2.69. The van der Waals surface area contributed by atoms with Crippen molar-refractivity contribution in [1.29, 1.82) is 0 Å². The van der Waals surface area contributed by atoms with Crippen LogP contribution in [-0.2, 0) is 11.3 Å². The number of nitrogens with zero attached hydrogens (tertiary/aromatic N) is 2. The Balaban J connectivity index is 2.22. The first-order valence-corrected chi connectivity index (χ1v) is 4.12. The van der Waals surface area contributed by atoms with Crippen molar-refractivity contribution in [3.05, 3.63) is 31.0 Å². The van der Waals surface area contributed by atoms with Gasteiger partial charge in [0.2, 0.25) is 0 Å². The molecule has 2 aromatic heterocycles. The lowest BCUT2D eigenvalue weighted by molar-refractivity contribution is -0.137. The average molecular weight is 191 g/mol. The van der Waals surface area contributed by atoms with Gasteiger partial charge in [0.1, 0.15) is 6.54 Å². The number of aliphatic carboxylic acids is 1. The number of rotatable bonds is 3. The molecule has 0 radical (unpaired) electrons. The molecule has 0 unspecified atom stereocenters. The summed E-state index contributed by atoms with van der Waals surface area (Å²) in [5, 5.41) is 8.55. The zero-order valence-corrected chi connectivity index (χ0v) is 7.34. The summed E-state index contributed by atoms with van der Waals surface area (Å²) in [5.74, 6) is -0.872. The molecule has 2 rings (SSSR count). The van der Waals surface area contributed by atoms with E-state index in [1.165, 1.54) is 10.9 Å². The Morgan fingerprint density at radius 1 is 1.64 bits per heavy atom. The Bertz CT molecular complexity index is 431. The maximum Gasteiger partial charge on any atom is 0.323 e. The van der Waals surface area contributed by atoms with Gasteiger partial charge in [-0.15, -0.1) is 0 Å². The Morgan fingerprint density at radius 2 is 2.50 bits per heavy atom. The van der Waals surface area contributed by atoms with Crippen LogP contribution < -0.4 is 0 Å². The molecule has 2 heterocycles. The highest BCUT2D eigenvalue weighted by Gasteiger charge is 2.04. The summed E-state index contributed by atoms with van der Waals surface area (Å²) in [6, 6.07) is 1.88. The first-order chi connectivity index (χ1) is 6.75. The second-order valence-electron chi connectivity index (χ2n) is 2.92. The van der Waals surface area contributed by atoms with Crippen molar-refractivity contribution in [2.24, 2.45) is 0 Å². The first kappa shape index (κ1) is 8.55. The first-order valence-electron chi connectivity index (χ1n) is 4.12. The lowest BCUT2D eigenvalue weighted by Gasteiger charge is -1.93. The standard InChI is InChI=1S/C9H9N3O2/c13-9(14)5-12-4-8(11-6-12)7-1-2-10-3-7/h1-4,6,10H,5H2,(H,13,14). The van der Waals surface area contributed by atoms with Gasteiger partial charge in [-0.2, -0.15) is 0 Å². The summed E-state index contributed by atoms with van der Waals surface area (Å²) >= 11 is 0. The minimum atomic E-state index is -0.872. The van der Waals surface area contributed by atoms with E-state index in [2.05, 4.69) is 9.97 Å². The number of hydrogen-bond acceptors (Lipinski definition) is 2. The minimum Gasteiger partial charge on any atom is -0.480 e. The van der Waals surface area contributed by atoms with Gasteiger partial charge in [0.05, 0.1) is 12.0 Å². The molecule has 0 spiro atoms. The van der Waals surface area contributed by atoms with Crippen molar-refractivity contribution in [2.45, 2.75) is 6.54 Å². The molecule has 0 aliphatic rings. The SMILES string of the molecule is O=C(O)Cn1cnc(-c2cc[nH]c2)c1. The van der Waals surface area contributed by atoms with Gasteiger partial charge in [0.25, 0.3) is 0 Å². The summed E-state index contributed by atoms with van der Waals surface area (Å²) in [6.45, 7) is -0.0581. The van der Waals surface area contributed by atoms with Crippen molar-refractivity contribution >= 4 is 5.97 Å².